The number of hydrogen-bond donors (Lipinski definition) is 1. The molecule has 1 saturated heterocycles. The standard InChI is InChI=1S/C29H26F3N3O2/c30-29(31,32)23-5-1-4-22(19-23)25-6-2-3-21-9-12-26(34-27(21)25)28(36)33-24-10-7-20(8-11-24)13-14-35-15-17-37-18-16-35/h1-12,19H,13-18H2,(H,33,36). The third kappa shape index (κ3) is 5.98. The average Bonchev–Trinajstić information content (AvgIpc) is 2.92. The number of halogens is 3. The highest BCUT2D eigenvalue weighted by Crippen LogP contribution is 2.34. The number of hydrogen-bond acceptors (Lipinski definition) is 4. The first-order valence-electron chi connectivity index (χ1n) is 12.1. The van der Waals surface area contributed by atoms with E-state index in [0.29, 0.717) is 22.3 Å². The second-order valence-electron chi connectivity index (χ2n) is 9.01. The van der Waals surface area contributed by atoms with Crippen molar-refractivity contribution in [1.29, 1.82) is 0 Å². The van der Waals surface area contributed by atoms with E-state index in [1.54, 1.807) is 30.3 Å². The fourth-order valence-electron chi connectivity index (χ4n) is 4.43. The van der Waals surface area contributed by atoms with Crippen LogP contribution in [0.5, 0.6) is 0 Å². The molecule has 1 fully saturated rings. The van der Waals surface area contributed by atoms with Crippen LogP contribution in [0.2, 0.25) is 0 Å². The maximum Gasteiger partial charge on any atom is 0.416 e. The fourth-order valence-corrected chi connectivity index (χ4v) is 4.43. The number of para-hydroxylation sites is 1. The summed E-state index contributed by atoms with van der Waals surface area (Å²) in [5.41, 5.74) is 2.66. The number of carbonyl (C=O) groups is 1. The zero-order valence-electron chi connectivity index (χ0n) is 20.1. The Balaban J connectivity index is 1.32. The average molecular weight is 506 g/mol. The van der Waals surface area contributed by atoms with Crippen molar-refractivity contribution in [2.24, 2.45) is 0 Å². The Morgan fingerprint density at radius 1 is 0.946 bits per heavy atom. The molecule has 1 N–H and O–H groups in total. The number of nitrogens with zero attached hydrogens (tertiary/aromatic N) is 2. The van der Waals surface area contributed by atoms with Gasteiger partial charge in [-0.05, 0) is 47.9 Å². The van der Waals surface area contributed by atoms with Gasteiger partial charge in [0.15, 0.2) is 0 Å². The number of benzene rings is 3. The lowest BCUT2D eigenvalue weighted by Gasteiger charge is -2.26. The molecular weight excluding hydrogens is 479 g/mol. The maximum atomic E-state index is 13.3. The zero-order chi connectivity index (χ0) is 25.8. The number of rotatable bonds is 6. The van der Waals surface area contributed by atoms with Gasteiger partial charge in [-0.3, -0.25) is 9.69 Å². The van der Waals surface area contributed by atoms with Gasteiger partial charge in [-0.25, -0.2) is 4.98 Å². The topological polar surface area (TPSA) is 54.5 Å². The van der Waals surface area contributed by atoms with Crippen LogP contribution in [0.4, 0.5) is 18.9 Å². The number of fused-ring (bicyclic) bond motifs is 1. The predicted octanol–water partition coefficient (Wildman–Crippen LogP) is 6.05. The molecule has 0 unspecified atom stereocenters. The summed E-state index contributed by atoms with van der Waals surface area (Å²) >= 11 is 0. The Morgan fingerprint density at radius 2 is 1.70 bits per heavy atom. The number of aromatic nitrogens is 1. The van der Waals surface area contributed by atoms with Crippen LogP contribution >= 0.6 is 0 Å². The van der Waals surface area contributed by atoms with Crippen molar-refractivity contribution in [2.45, 2.75) is 12.6 Å². The third-order valence-electron chi connectivity index (χ3n) is 6.49. The zero-order valence-corrected chi connectivity index (χ0v) is 20.1. The SMILES string of the molecule is O=C(Nc1ccc(CCN2CCOCC2)cc1)c1ccc2cccc(-c3cccc(C(F)(F)F)c3)c2n1. The van der Waals surface area contributed by atoms with Crippen molar-refractivity contribution in [2.75, 3.05) is 38.2 Å². The van der Waals surface area contributed by atoms with E-state index in [2.05, 4.69) is 15.2 Å². The van der Waals surface area contributed by atoms with Crippen LogP contribution in [0, 0.1) is 0 Å². The van der Waals surface area contributed by atoms with Gasteiger partial charge in [-0.1, -0.05) is 48.5 Å². The Morgan fingerprint density at radius 3 is 2.46 bits per heavy atom. The van der Waals surface area contributed by atoms with E-state index in [0.717, 1.165) is 56.8 Å². The molecule has 0 bridgehead atoms. The second kappa shape index (κ2) is 10.7. The number of anilines is 1. The van der Waals surface area contributed by atoms with E-state index in [4.69, 9.17) is 4.74 Å². The molecule has 0 aliphatic carbocycles. The molecule has 37 heavy (non-hydrogen) atoms. The molecule has 0 saturated carbocycles. The number of ether oxygens (including phenoxy) is 1. The summed E-state index contributed by atoms with van der Waals surface area (Å²) in [6.45, 7) is 4.40. The molecule has 2 heterocycles. The molecule has 190 valence electrons. The molecule has 8 heteroatoms. The number of carbonyl (C=O) groups excluding carboxylic acids is 1. The van der Waals surface area contributed by atoms with Gasteiger partial charge >= 0.3 is 6.18 Å². The smallest absolute Gasteiger partial charge is 0.379 e. The number of nitrogens with one attached hydrogen (secondary N) is 1. The van der Waals surface area contributed by atoms with Gasteiger partial charge in [0, 0.05) is 36.3 Å². The van der Waals surface area contributed by atoms with E-state index in [-0.39, 0.29) is 11.6 Å². The summed E-state index contributed by atoms with van der Waals surface area (Å²) in [6, 6.07) is 21.5. The van der Waals surface area contributed by atoms with Crippen LogP contribution in [-0.4, -0.2) is 48.6 Å². The second-order valence-corrected chi connectivity index (χ2v) is 9.01. The summed E-state index contributed by atoms with van der Waals surface area (Å²) in [4.78, 5) is 19.9. The van der Waals surface area contributed by atoms with Crippen molar-refractivity contribution in [3.8, 4) is 11.1 Å². The van der Waals surface area contributed by atoms with E-state index in [1.165, 1.54) is 11.6 Å². The molecule has 3 aromatic carbocycles. The van der Waals surface area contributed by atoms with Crippen LogP contribution < -0.4 is 5.32 Å². The molecule has 1 amide bonds. The van der Waals surface area contributed by atoms with Gasteiger partial charge in [-0.2, -0.15) is 13.2 Å². The van der Waals surface area contributed by atoms with Crippen LogP contribution in [0.1, 0.15) is 21.6 Å². The molecule has 5 rings (SSSR count). The van der Waals surface area contributed by atoms with E-state index < -0.39 is 11.7 Å². The van der Waals surface area contributed by atoms with Crippen molar-refractivity contribution < 1.29 is 22.7 Å². The highest BCUT2D eigenvalue weighted by atomic mass is 19.4. The molecule has 5 nitrogen and oxygen atoms in total. The van der Waals surface area contributed by atoms with Crippen molar-refractivity contribution in [1.82, 2.24) is 9.88 Å². The highest BCUT2D eigenvalue weighted by Gasteiger charge is 2.30. The lowest BCUT2D eigenvalue weighted by atomic mass is 9.99. The van der Waals surface area contributed by atoms with Crippen molar-refractivity contribution >= 4 is 22.5 Å². The predicted molar refractivity (Wildman–Crippen MR) is 138 cm³/mol. The molecule has 0 atom stereocenters. The van der Waals surface area contributed by atoms with Crippen LogP contribution in [-0.2, 0) is 17.3 Å². The van der Waals surface area contributed by atoms with Crippen LogP contribution in [0.15, 0.2) is 78.9 Å². The van der Waals surface area contributed by atoms with Gasteiger partial charge in [0.25, 0.3) is 5.91 Å². The largest absolute Gasteiger partial charge is 0.416 e. The first-order valence-corrected chi connectivity index (χ1v) is 12.1. The normalized spacial score (nSPS) is 14.6. The van der Waals surface area contributed by atoms with Gasteiger partial charge < -0.3 is 10.1 Å². The lowest BCUT2D eigenvalue weighted by molar-refractivity contribution is -0.137. The molecular formula is C29H26F3N3O2. The van der Waals surface area contributed by atoms with Gasteiger partial charge in [-0.15, -0.1) is 0 Å². The summed E-state index contributed by atoms with van der Waals surface area (Å²) < 4.78 is 45.1. The van der Waals surface area contributed by atoms with E-state index in [9.17, 15) is 18.0 Å². The molecule has 0 spiro atoms. The van der Waals surface area contributed by atoms with Gasteiger partial charge in [0.05, 0.1) is 24.3 Å². The van der Waals surface area contributed by atoms with Crippen molar-refractivity contribution in [3.63, 3.8) is 0 Å². The number of pyridine rings is 1. The minimum Gasteiger partial charge on any atom is -0.379 e. The monoisotopic (exact) mass is 505 g/mol. The third-order valence-corrected chi connectivity index (χ3v) is 6.49. The molecule has 1 aliphatic rings. The molecule has 1 aromatic heterocycles. The van der Waals surface area contributed by atoms with Gasteiger partial charge in [0.1, 0.15) is 5.69 Å². The first kappa shape index (κ1) is 24.9. The van der Waals surface area contributed by atoms with Crippen LogP contribution in [0.3, 0.4) is 0 Å². The Hall–Kier alpha value is -3.75. The quantitative estimate of drug-likeness (QED) is 0.347. The van der Waals surface area contributed by atoms with Crippen molar-refractivity contribution in [3.05, 3.63) is 95.7 Å². The number of amides is 1. The maximum absolute atomic E-state index is 13.3. The van der Waals surface area contributed by atoms with E-state index >= 15 is 0 Å². The highest BCUT2D eigenvalue weighted by molar-refractivity contribution is 6.05. The van der Waals surface area contributed by atoms with E-state index in [1.807, 2.05) is 30.3 Å². The lowest BCUT2D eigenvalue weighted by Crippen LogP contribution is -2.37. The fraction of sp³-hybridized carbons (Fsp3) is 0.241. The minimum absolute atomic E-state index is 0.184. The summed E-state index contributed by atoms with van der Waals surface area (Å²) in [7, 11) is 0. The number of morpholine rings is 1. The molecule has 0 radical (unpaired) electrons. The molecule has 1 aliphatic heterocycles. The summed E-state index contributed by atoms with van der Waals surface area (Å²) in [5, 5.41) is 3.60. The summed E-state index contributed by atoms with van der Waals surface area (Å²) in [6.07, 6.45) is -3.53. The Labute approximate surface area is 212 Å². The minimum atomic E-state index is -4.45. The first-order chi connectivity index (χ1) is 17.9. The summed E-state index contributed by atoms with van der Waals surface area (Å²) in [5.74, 6) is -0.387. The van der Waals surface area contributed by atoms with Crippen LogP contribution in [0.25, 0.3) is 22.0 Å². The molecule has 4 aromatic rings. The Kier molecular flexibility index (Phi) is 7.21. The Bertz CT molecular complexity index is 1400. The number of alkyl halides is 3. The van der Waals surface area contributed by atoms with Gasteiger partial charge in [0.2, 0.25) is 0 Å².